The van der Waals surface area contributed by atoms with Crippen LogP contribution in [0.2, 0.25) is 5.02 Å². The highest BCUT2D eigenvalue weighted by Gasteiger charge is 2.32. The van der Waals surface area contributed by atoms with Crippen LogP contribution in [-0.4, -0.2) is 31.7 Å². The van der Waals surface area contributed by atoms with E-state index in [1.54, 1.807) is 0 Å². The lowest BCUT2D eigenvalue weighted by Gasteiger charge is -2.33. The molecule has 7 heteroatoms. The number of hydrogen-bond donors (Lipinski definition) is 1. The third-order valence-corrected chi connectivity index (χ3v) is 4.14. The maximum Gasteiger partial charge on any atom is 0.417 e. The quantitative estimate of drug-likeness (QED) is 0.918. The number of hydrogen-bond acceptors (Lipinski definition) is 3. The molecule has 0 amide bonds. The molecule has 1 aromatic heterocycles. The van der Waals surface area contributed by atoms with E-state index >= 15 is 0 Å². The number of halogens is 4. The van der Waals surface area contributed by atoms with Crippen LogP contribution in [0.4, 0.5) is 19.0 Å². The molecule has 21 heavy (non-hydrogen) atoms. The van der Waals surface area contributed by atoms with Crippen LogP contribution in [0.1, 0.15) is 24.8 Å². The zero-order valence-corrected chi connectivity index (χ0v) is 12.6. The molecule has 1 saturated heterocycles. The number of anilines is 1. The summed E-state index contributed by atoms with van der Waals surface area (Å²) >= 11 is 5.97. The van der Waals surface area contributed by atoms with E-state index in [1.165, 1.54) is 0 Å². The van der Waals surface area contributed by atoms with Gasteiger partial charge in [0.05, 0.1) is 10.6 Å². The van der Waals surface area contributed by atoms with Crippen molar-refractivity contribution < 1.29 is 13.2 Å². The minimum Gasteiger partial charge on any atom is -0.355 e. The van der Waals surface area contributed by atoms with Crippen LogP contribution in [0.5, 0.6) is 0 Å². The third kappa shape index (κ3) is 4.23. The van der Waals surface area contributed by atoms with Crippen molar-refractivity contribution in [2.45, 2.75) is 25.4 Å². The molecule has 2 heterocycles. The second-order valence-corrected chi connectivity index (χ2v) is 5.76. The van der Waals surface area contributed by atoms with Crippen molar-refractivity contribution in [3.8, 4) is 0 Å². The molecule has 0 atom stereocenters. The van der Waals surface area contributed by atoms with Crippen LogP contribution in [0.15, 0.2) is 12.3 Å². The molecular formula is C14H19ClF3N3. The molecule has 0 bridgehead atoms. The van der Waals surface area contributed by atoms with Gasteiger partial charge >= 0.3 is 6.18 Å². The molecule has 0 spiro atoms. The summed E-state index contributed by atoms with van der Waals surface area (Å²) in [6.45, 7) is 2.56. The van der Waals surface area contributed by atoms with E-state index < -0.39 is 11.7 Å². The van der Waals surface area contributed by atoms with Gasteiger partial charge in [-0.3, -0.25) is 0 Å². The number of rotatable bonds is 4. The number of aromatic nitrogens is 1. The van der Waals surface area contributed by atoms with Gasteiger partial charge in [-0.25, -0.2) is 4.98 Å². The molecular weight excluding hydrogens is 303 g/mol. The van der Waals surface area contributed by atoms with E-state index in [-0.39, 0.29) is 5.02 Å². The van der Waals surface area contributed by atoms with E-state index in [4.69, 9.17) is 11.6 Å². The standard InChI is InChI=1S/C14H19ClF3N3/c1-19-5-2-10-3-6-21(7-4-10)13-12(15)8-11(9-20-13)14(16,17)18/h8-10,19H,2-7H2,1H3. The van der Waals surface area contributed by atoms with E-state index in [2.05, 4.69) is 10.3 Å². The number of alkyl halides is 3. The lowest BCUT2D eigenvalue weighted by atomic mass is 9.93. The smallest absolute Gasteiger partial charge is 0.355 e. The van der Waals surface area contributed by atoms with Gasteiger partial charge in [-0.15, -0.1) is 0 Å². The molecule has 0 saturated carbocycles. The summed E-state index contributed by atoms with van der Waals surface area (Å²) in [5.74, 6) is 1.11. The topological polar surface area (TPSA) is 28.2 Å². The Bertz CT molecular complexity index is 471. The molecule has 1 fully saturated rings. The van der Waals surface area contributed by atoms with Gasteiger partial charge in [-0.2, -0.15) is 13.2 Å². The molecule has 0 radical (unpaired) electrons. The normalized spacial score (nSPS) is 17.3. The summed E-state index contributed by atoms with van der Waals surface area (Å²) in [7, 11) is 1.93. The maximum absolute atomic E-state index is 12.6. The minimum atomic E-state index is -4.41. The summed E-state index contributed by atoms with van der Waals surface area (Å²) in [6.07, 6.45) is -0.399. The van der Waals surface area contributed by atoms with Gasteiger partial charge in [0, 0.05) is 19.3 Å². The Kier molecular flexibility index (Phi) is 5.32. The Morgan fingerprint density at radius 1 is 1.38 bits per heavy atom. The second kappa shape index (κ2) is 6.83. The van der Waals surface area contributed by atoms with Gasteiger partial charge in [-0.05, 0) is 44.8 Å². The molecule has 1 aromatic rings. The highest BCUT2D eigenvalue weighted by atomic mass is 35.5. The van der Waals surface area contributed by atoms with Crippen molar-refractivity contribution in [2.75, 3.05) is 31.6 Å². The lowest BCUT2D eigenvalue weighted by Crippen LogP contribution is -2.35. The first-order chi connectivity index (χ1) is 9.91. The number of nitrogens with one attached hydrogen (secondary N) is 1. The van der Waals surface area contributed by atoms with Crippen molar-refractivity contribution in [1.82, 2.24) is 10.3 Å². The van der Waals surface area contributed by atoms with Crippen LogP contribution in [0.25, 0.3) is 0 Å². The van der Waals surface area contributed by atoms with E-state index in [1.807, 2.05) is 11.9 Å². The Hall–Kier alpha value is -1.01. The zero-order valence-electron chi connectivity index (χ0n) is 11.9. The van der Waals surface area contributed by atoms with Crippen molar-refractivity contribution in [3.63, 3.8) is 0 Å². The van der Waals surface area contributed by atoms with Gasteiger partial charge in [0.15, 0.2) is 0 Å². The molecule has 1 aliphatic rings. The van der Waals surface area contributed by atoms with Crippen LogP contribution >= 0.6 is 11.6 Å². The minimum absolute atomic E-state index is 0.0681. The second-order valence-electron chi connectivity index (χ2n) is 5.35. The van der Waals surface area contributed by atoms with E-state index in [0.29, 0.717) is 11.7 Å². The monoisotopic (exact) mass is 321 g/mol. The average molecular weight is 322 g/mol. The van der Waals surface area contributed by atoms with E-state index in [0.717, 1.165) is 51.2 Å². The van der Waals surface area contributed by atoms with Gasteiger partial charge in [0.2, 0.25) is 0 Å². The molecule has 2 rings (SSSR count). The lowest BCUT2D eigenvalue weighted by molar-refractivity contribution is -0.137. The Morgan fingerprint density at radius 3 is 2.57 bits per heavy atom. The van der Waals surface area contributed by atoms with Crippen LogP contribution in [-0.2, 0) is 6.18 Å². The van der Waals surface area contributed by atoms with Crippen molar-refractivity contribution >= 4 is 17.4 Å². The highest BCUT2D eigenvalue weighted by Crippen LogP contribution is 2.34. The molecule has 3 nitrogen and oxygen atoms in total. The van der Waals surface area contributed by atoms with E-state index in [9.17, 15) is 13.2 Å². The Balaban J connectivity index is 2.00. The Morgan fingerprint density at radius 2 is 2.05 bits per heavy atom. The number of nitrogens with zero attached hydrogens (tertiary/aromatic N) is 2. The van der Waals surface area contributed by atoms with Gasteiger partial charge < -0.3 is 10.2 Å². The predicted octanol–water partition coefficient (Wildman–Crippen LogP) is 3.58. The van der Waals surface area contributed by atoms with Crippen LogP contribution in [0, 0.1) is 5.92 Å². The molecule has 1 N–H and O–H groups in total. The zero-order chi connectivity index (χ0) is 15.5. The van der Waals surface area contributed by atoms with Crippen molar-refractivity contribution in [3.05, 3.63) is 22.8 Å². The van der Waals surface area contributed by atoms with Gasteiger partial charge in [0.1, 0.15) is 5.82 Å². The van der Waals surface area contributed by atoms with Crippen molar-refractivity contribution in [1.29, 1.82) is 0 Å². The first-order valence-corrected chi connectivity index (χ1v) is 7.42. The van der Waals surface area contributed by atoms with Gasteiger partial charge in [-0.1, -0.05) is 11.6 Å². The summed E-state index contributed by atoms with van der Waals surface area (Å²) < 4.78 is 37.8. The Labute approximate surface area is 127 Å². The average Bonchev–Trinajstić information content (AvgIpc) is 2.45. The summed E-state index contributed by atoms with van der Waals surface area (Å²) in [5, 5.41) is 3.20. The fourth-order valence-electron chi connectivity index (χ4n) is 2.60. The molecule has 0 aliphatic carbocycles. The third-order valence-electron chi connectivity index (χ3n) is 3.87. The largest absolute Gasteiger partial charge is 0.417 e. The number of piperidine rings is 1. The SMILES string of the molecule is CNCCC1CCN(c2ncc(C(F)(F)F)cc2Cl)CC1. The molecule has 0 aromatic carbocycles. The van der Waals surface area contributed by atoms with Gasteiger partial charge in [0.25, 0.3) is 0 Å². The first-order valence-electron chi connectivity index (χ1n) is 7.04. The van der Waals surface area contributed by atoms with Crippen molar-refractivity contribution in [2.24, 2.45) is 5.92 Å². The summed E-state index contributed by atoms with van der Waals surface area (Å²) in [6, 6.07) is 0.955. The fourth-order valence-corrected chi connectivity index (χ4v) is 2.89. The molecule has 0 unspecified atom stereocenters. The first kappa shape index (κ1) is 16.4. The fraction of sp³-hybridized carbons (Fsp3) is 0.643. The maximum atomic E-state index is 12.6. The van der Waals surface area contributed by atoms with Crippen LogP contribution in [0.3, 0.4) is 0 Å². The predicted molar refractivity (Wildman–Crippen MR) is 77.7 cm³/mol. The number of pyridine rings is 1. The molecule has 118 valence electrons. The summed E-state index contributed by atoms with van der Waals surface area (Å²) in [4.78, 5) is 5.89. The van der Waals surface area contributed by atoms with Crippen LogP contribution < -0.4 is 10.2 Å². The molecule has 1 aliphatic heterocycles. The highest BCUT2D eigenvalue weighted by molar-refractivity contribution is 6.33. The summed E-state index contributed by atoms with van der Waals surface area (Å²) in [5.41, 5.74) is -0.805.